The fourth-order valence-corrected chi connectivity index (χ4v) is 1.74. The maximum atomic E-state index is 10.1. The largest absolute Gasteiger partial charge is 0.290 e. The summed E-state index contributed by atoms with van der Waals surface area (Å²) >= 11 is 0. The van der Waals surface area contributed by atoms with Crippen LogP contribution in [0.5, 0.6) is 0 Å². The molecule has 0 aromatic heterocycles. The van der Waals surface area contributed by atoms with Crippen LogP contribution < -0.4 is 0 Å². The van der Waals surface area contributed by atoms with Gasteiger partial charge in [0.25, 0.3) is 5.03 Å². The van der Waals surface area contributed by atoms with Gasteiger partial charge in [-0.1, -0.05) is 12.2 Å². The maximum absolute atomic E-state index is 10.1. The molecule has 1 aliphatic heterocycles. The first kappa shape index (κ1) is 7.08. The van der Waals surface area contributed by atoms with E-state index in [1.807, 2.05) is 0 Å². The van der Waals surface area contributed by atoms with Crippen LogP contribution in [0.15, 0.2) is 28.0 Å². The molecule has 0 aromatic carbocycles. The molecule has 0 aliphatic carbocycles. The van der Waals surface area contributed by atoms with Crippen molar-refractivity contribution in [3.63, 3.8) is 0 Å². The molecule has 0 fully saturated rings. The Morgan fingerprint density at radius 2 is 2.00 bits per heavy atom. The highest BCUT2D eigenvalue weighted by Crippen LogP contribution is 2.39. The van der Waals surface area contributed by atoms with Crippen molar-refractivity contribution >= 4 is 10.9 Å². The number of nitrogens with zero attached hydrogens (tertiary/aromatic N) is 1. The summed E-state index contributed by atoms with van der Waals surface area (Å²) in [7, 11) is -0.912. The van der Waals surface area contributed by atoms with E-state index < -0.39 is 15.8 Å². The lowest BCUT2D eigenvalue weighted by Crippen LogP contribution is -1.94. The zero-order valence-electron chi connectivity index (χ0n) is 5.10. The molecule has 0 saturated heterocycles. The van der Waals surface area contributed by atoms with Crippen molar-refractivity contribution in [1.82, 2.24) is 0 Å². The highest BCUT2D eigenvalue weighted by atomic mass is 32.2. The summed E-state index contributed by atoms with van der Waals surface area (Å²) in [6.45, 7) is 5.17. The molecule has 0 aromatic rings. The average molecular weight is 156 g/mol. The molecule has 0 amide bonds. The Hall–Kier alpha value is -1.03. The Kier molecular flexibility index (Phi) is 1.91. The molecule has 1 rings (SSSR count). The van der Waals surface area contributed by atoms with Crippen LogP contribution in [0.2, 0.25) is 0 Å². The van der Waals surface area contributed by atoms with E-state index in [9.17, 15) is 10.1 Å². The molecule has 1 radical (unpaired) electrons. The molecule has 0 saturated carbocycles. The minimum atomic E-state index is -0.912. The monoisotopic (exact) mass is 156 g/mol. The van der Waals surface area contributed by atoms with E-state index in [1.165, 1.54) is 0 Å². The summed E-state index contributed by atoms with van der Waals surface area (Å²) in [4.78, 5) is 9.54. The number of hydrogen-bond donors (Lipinski definition) is 1. The van der Waals surface area contributed by atoms with Crippen LogP contribution in [0.25, 0.3) is 0 Å². The standard InChI is InChI=1S/C6H6NO2S/c1-6(7(8)9)10-4-2-3-5-10/h1-5,10H. The molecule has 0 N–H and O–H groups in total. The van der Waals surface area contributed by atoms with Gasteiger partial charge in [-0.05, 0) is 10.8 Å². The molecule has 53 valence electrons. The molecule has 3 nitrogen and oxygen atoms in total. The second-order valence-corrected chi connectivity index (χ2v) is 3.57. The molecule has 4 heteroatoms. The Morgan fingerprint density at radius 1 is 1.50 bits per heavy atom. The third-order valence-corrected chi connectivity index (χ3v) is 2.74. The maximum Gasteiger partial charge on any atom is 0.290 e. The molecule has 1 aliphatic rings. The molecule has 0 bridgehead atoms. The summed E-state index contributed by atoms with van der Waals surface area (Å²) in [6.07, 6.45) is 3.53. The Bertz CT molecular complexity index is 220. The van der Waals surface area contributed by atoms with Crippen LogP contribution in [0, 0.1) is 16.7 Å². The van der Waals surface area contributed by atoms with Gasteiger partial charge in [0.2, 0.25) is 0 Å². The van der Waals surface area contributed by atoms with Crippen molar-refractivity contribution in [1.29, 1.82) is 0 Å². The third-order valence-electron chi connectivity index (χ3n) is 1.06. The van der Waals surface area contributed by atoms with Crippen LogP contribution >= 0.6 is 10.9 Å². The average Bonchev–Trinajstić information content (AvgIpc) is 2.36. The topological polar surface area (TPSA) is 43.1 Å². The lowest BCUT2D eigenvalue weighted by Gasteiger charge is -2.02. The second-order valence-electron chi connectivity index (χ2n) is 1.71. The van der Waals surface area contributed by atoms with Crippen LogP contribution in [-0.2, 0) is 0 Å². The van der Waals surface area contributed by atoms with Gasteiger partial charge in [-0.25, -0.2) is 0 Å². The van der Waals surface area contributed by atoms with E-state index in [1.54, 1.807) is 23.0 Å². The summed E-state index contributed by atoms with van der Waals surface area (Å²) in [6, 6.07) is 0. The number of allylic oxidation sites excluding steroid dienone is 2. The summed E-state index contributed by atoms with van der Waals surface area (Å²) in [5.41, 5.74) is 0. The summed E-state index contributed by atoms with van der Waals surface area (Å²) < 4.78 is 0. The van der Waals surface area contributed by atoms with Crippen LogP contribution in [0.3, 0.4) is 0 Å². The molecule has 1 heterocycles. The highest BCUT2D eigenvalue weighted by molar-refractivity contribution is 8.25. The van der Waals surface area contributed by atoms with Crippen molar-refractivity contribution < 1.29 is 4.92 Å². The molecular weight excluding hydrogens is 150 g/mol. The van der Waals surface area contributed by atoms with Gasteiger partial charge < -0.3 is 0 Å². The third kappa shape index (κ3) is 1.27. The first-order valence-corrected chi connectivity index (χ1v) is 4.10. The number of rotatable bonds is 2. The van der Waals surface area contributed by atoms with Gasteiger partial charge in [0.15, 0.2) is 0 Å². The zero-order valence-corrected chi connectivity index (χ0v) is 5.99. The lowest BCUT2D eigenvalue weighted by molar-refractivity contribution is -0.410. The van der Waals surface area contributed by atoms with Gasteiger partial charge in [0.1, 0.15) is 0 Å². The second kappa shape index (κ2) is 2.70. The normalized spacial score (nSPS) is 17.8. The van der Waals surface area contributed by atoms with Gasteiger partial charge >= 0.3 is 0 Å². The summed E-state index contributed by atoms with van der Waals surface area (Å²) in [5.74, 6) is 0. The van der Waals surface area contributed by atoms with Crippen molar-refractivity contribution in [3.8, 4) is 0 Å². The van der Waals surface area contributed by atoms with E-state index in [0.717, 1.165) is 0 Å². The minimum absolute atomic E-state index is 0.153. The van der Waals surface area contributed by atoms with Crippen molar-refractivity contribution in [3.05, 3.63) is 44.7 Å². The van der Waals surface area contributed by atoms with Gasteiger partial charge in [-0.2, -0.15) is 0 Å². The number of thiol groups is 1. The van der Waals surface area contributed by atoms with E-state index >= 15 is 0 Å². The predicted octanol–water partition coefficient (Wildman–Crippen LogP) is 1.58. The van der Waals surface area contributed by atoms with Crippen molar-refractivity contribution in [2.24, 2.45) is 0 Å². The fourth-order valence-electron chi connectivity index (χ4n) is 0.582. The van der Waals surface area contributed by atoms with Gasteiger partial charge in [0, 0.05) is 6.58 Å². The van der Waals surface area contributed by atoms with Gasteiger partial charge in [-0.3, -0.25) is 10.1 Å². The molecule has 0 atom stereocenters. The lowest BCUT2D eigenvalue weighted by atomic mass is 10.6. The van der Waals surface area contributed by atoms with Crippen molar-refractivity contribution in [2.45, 2.75) is 0 Å². The molecule has 10 heavy (non-hydrogen) atoms. The first-order valence-electron chi connectivity index (χ1n) is 2.62. The zero-order chi connectivity index (χ0) is 7.56. The molecule has 0 unspecified atom stereocenters. The SMILES string of the molecule is [CH]=C([N+](=O)[O-])[SH]1C=CC=C1. The van der Waals surface area contributed by atoms with Gasteiger partial charge in [0.05, 0.1) is 4.92 Å². The Balaban J connectivity index is 2.67. The minimum Gasteiger partial charge on any atom is -0.258 e. The Labute approximate surface area is 61.2 Å². The highest BCUT2D eigenvalue weighted by Gasteiger charge is 2.13. The Morgan fingerprint density at radius 3 is 2.40 bits per heavy atom. The molecule has 0 spiro atoms. The number of hydrogen-bond acceptors (Lipinski definition) is 2. The van der Waals surface area contributed by atoms with Gasteiger partial charge in [-0.15, -0.1) is 10.9 Å². The van der Waals surface area contributed by atoms with Crippen molar-refractivity contribution in [2.75, 3.05) is 0 Å². The molecular formula is C6H6NO2S. The van der Waals surface area contributed by atoms with E-state index in [0.29, 0.717) is 0 Å². The predicted molar refractivity (Wildman–Crippen MR) is 42.1 cm³/mol. The van der Waals surface area contributed by atoms with E-state index in [2.05, 4.69) is 0 Å². The smallest absolute Gasteiger partial charge is 0.258 e. The van der Waals surface area contributed by atoms with Crippen LogP contribution in [0.1, 0.15) is 0 Å². The van der Waals surface area contributed by atoms with E-state index in [4.69, 9.17) is 6.58 Å². The number of nitro groups is 1. The quantitative estimate of drug-likeness (QED) is 0.374. The summed E-state index contributed by atoms with van der Waals surface area (Å²) in [5, 5.41) is 13.4. The van der Waals surface area contributed by atoms with Crippen LogP contribution in [-0.4, -0.2) is 4.92 Å². The van der Waals surface area contributed by atoms with Crippen LogP contribution in [0.4, 0.5) is 0 Å². The van der Waals surface area contributed by atoms with E-state index in [-0.39, 0.29) is 5.03 Å². The first-order chi connectivity index (χ1) is 4.72. The fraction of sp³-hybridized carbons (Fsp3) is 0.